The van der Waals surface area contributed by atoms with Crippen molar-refractivity contribution in [1.82, 2.24) is 14.9 Å². The summed E-state index contributed by atoms with van der Waals surface area (Å²) in [6.45, 7) is 3.94. The van der Waals surface area contributed by atoms with Gasteiger partial charge in [-0.15, -0.1) is 0 Å². The number of hydrogen-bond acceptors (Lipinski definition) is 4. The molecule has 20 heavy (non-hydrogen) atoms. The van der Waals surface area contributed by atoms with Gasteiger partial charge in [0.25, 0.3) is 5.56 Å². The Morgan fingerprint density at radius 2 is 1.90 bits per heavy atom. The molecule has 5 nitrogen and oxygen atoms in total. The smallest absolute Gasteiger partial charge is 0.256 e. The molecule has 2 atom stereocenters. The minimum atomic E-state index is -0.0613. The van der Waals surface area contributed by atoms with Crippen molar-refractivity contribution < 1.29 is 0 Å². The summed E-state index contributed by atoms with van der Waals surface area (Å²) < 4.78 is 0. The topological polar surface area (TPSA) is 75.0 Å². The Balaban J connectivity index is 1.91. The highest BCUT2D eigenvalue weighted by Gasteiger charge is 2.39. The molecule has 2 aliphatic heterocycles. The van der Waals surface area contributed by atoms with Crippen LogP contribution in [0.2, 0.25) is 0 Å². The van der Waals surface area contributed by atoms with Crippen LogP contribution >= 0.6 is 0 Å². The van der Waals surface area contributed by atoms with E-state index in [1.807, 2.05) is 13.8 Å². The molecule has 0 saturated carbocycles. The highest BCUT2D eigenvalue weighted by atomic mass is 16.1. The molecule has 110 valence electrons. The number of nitrogens with zero attached hydrogens (tertiary/aromatic N) is 2. The van der Waals surface area contributed by atoms with Crippen molar-refractivity contribution in [3.63, 3.8) is 0 Å². The fourth-order valence-corrected chi connectivity index (χ4v) is 3.90. The third-order valence-corrected chi connectivity index (χ3v) is 5.07. The molecule has 3 N–H and O–H groups in total. The van der Waals surface area contributed by atoms with Crippen LogP contribution in [0.4, 0.5) is 5.82 Å². The number of piperidine rings is 1. The molecule has 0 radical (unpaired) electrons. The molecule has 0 aromatic carbocycles. The third-order valence-electron chi connectivity index (χ3n) is 5.07. The number of fused-ring (bicyclic) bond motifs is 2. The van der Waals surface area contributed by atoms with E-state index in [1.165, 1.54) is 12.8 Å². The highest BCUT2D eigenvalue weighted by molar-refractivity contribution is 5.40. The molecule has 0 aliphatic carbocycles. The molecule has 2 bridgehead atoms. The molecule has 1 aromatic rings. The molecule has 3 rings (SSSR count). The van der Waals surface area contributed by atoms with Crippen molar-refractivity contribution in [3.05, 3.63) is 21.7 Å². The van der Waals surface area contributed by atoms with Gasteiger partial charge in [-0.05, 0) is 38.6 Å². The van der Waals surface area contributed by atoms with Crippen molar-refractivity contribution >= 4 is 5.82 Å². The number of hydrogen-bond donors (Lipinski definition) is 2. The molecule has 3 heterocycles. The van der Waals surface area contributed by atoms with Crippen LogP contribution in [0, 0.1) is 0 Å². The maximum atomic E-state index is 12.2. The number of H-pyrrole nitrogens is 1. The largest absolute Gasteiger partial charge is 0.383 e. The first-order valence-electron chi connectivity index (χ1n) is 7.59. The fraction of sp³-hybridized carbons (Fsp3) is 0.733. The first kappa shape index (κ1) is 13.6. The van der Waals surface area contributed by atoms with E-state index in [0.717, 1.165) is 18.7 Å². The Bertz CT molecular complexity index is 551. The van der Waals surface area contributed by atoms with E-state index in [9.17, 15) is 4.79 Å². The zero-order chi connectivity index (χ0) is 14.4. The molecular formula is C15H24N4O. The molecule has 5 heteroatoms. The molecule has 2 aliphatic rings. The Morgan fingerprint density at radius 1 is 1.30 bits per heavy atom. The quantitative estimate of drug-likeness (QED) is 0.864. The molecule has 2 unspecified atom stereocenters. The predicted octanol–water partition coefficient (Wildman–Crippen LogP) is 1.82. The summed E-state index contributed by atoms with van der Waals surface area (Å²) in [6.07, 6.45) is 4.69. The van der Waals surface area contributed by atoms with Crippen LogP contribution in [-0.2, 0) is 0 Å². The number of rotatable bonds is 2. The van der Waals surface area contributed by atoms with Gasteiger partial charge in [-0.1, -0.05) is 13.8 Å². The first-order chi connectivity index (χ1) is 9.47. The normalized spacial score (nSPS) is 30.1. The van der Waals surface area contributed by atoms with E-state index in [4.69, 9.17) is 5.73 Å². The van der Waals surface area contributed by atoms with E-state index in [0.29, 0.717) is 29.4 Å². The van der Waals surface area contributed by atoms with Gasteiger partial charge in [0.2, 0.25) is 0 Å². The van der Waals surface area contributed by atoms with Gasteiger partial charge in [-0.2, -0.15) is 0 Å². The molecule has 2 saturated heterocycles. The van der Waals surface area contributed by atoms with Crippen LogP contribution in [0.15, 0.2) is 4.79 Å². The summed E-state index contributed by atoms with van der Waals surface area (Å²) in [7, 11) is 2.21. The average Bonchev–Trinajstić information content (AvgIpc) is 2.61. The molecule has 2 fully saturated rings. The van der Waals surface area contributed by atoms with Gasteiger partial charge in [0.1, 0.15) is 11.6 Å². The minimum Gasteiger partial charge on any atom is -0.383 e. The second-order valence-corrected chi connectivity index (χ2v) is 6.62. The van der Waals surface area contributed by atoms with E-state index < -0.39 is 0 Å². The van der Waals surface area contributed by atoms with Crippen molar-refractivity contribution in [2.45, 2.75) is 63.5 Å². The van der Waals surface area contributed by atoms with E-state index >= 15 is 0 Å². The lowest BCUT2D eigenvalue weighted by Gasteiger charge is -2.35. The number of nitrogens with one attached hydrogen (secondary N) is 1. The maximum absolute atomic E-state index is 12.2. The Morgan fingerprint density at radius 3 is 2.40 bits per heavy atom. The first-order valence-corrected chi connectivity index (χ1v) is 7.59. The maximum Gasteiger partial charge on any atom is 0.256 e. The van der Waals surface area contributed by atoms with Gasteiger partial charge in [0, 0.05) is 18.0 Å². The molecule has 1 aromatic heterocycles. The standard InChI is InChI=1S/C15H24N4O/c1-8(2)12-13(16)17-14(18-15(12)20)9-6-10-4-5-11(7-9)19(10)3/h8-11H,4-7H2,1-3H3,(H3,16,17,18,20). The lowest BCUT2D eigenvalue weighted by atomic mass is 9.90. The Labute approximate surface area is 119 Å². The SMILES string of the molecule is CC(C)c1c(N)nc(C2CC3CCC(C2)N3C)[nH]c1=O. The number of aromatic amines is 1. The summed E-state index contributed by atoms with van der Waals surface area (Å²) in [5.74, 6) is 1.65. The van der Waals surface area contributed by atoms with Crippen molar-refractivity contribution in [1.29, 1.82) is 0 Å². The minimum absolute atomic E-state index is 0.0613. The summed E-state index contributed by atoms with van der Waals surface area (Å²) in [4.78, 5) is 22.2. The number of aromatic nitrogens is 2. The fourth-order valence-electron chi connectivity index (χ4n) is 3.90. The monoisotopic (exact) mass is 276 g/mol. The lowest BCUT2D eigenvalue weighted by Crippen LogP contribution is -2.40. The predicted molar refractivity (Wildman–Crippen MR) is 79.9 cm³/mol. The Kier molecular flexibility index (Phi) is 3.32. The second kappa shape index (κ2) is 4.88. The number of nitrogens with two attached hydrogens (primary N) is 1. The van der Waals surface area contributed by atoms with Crippen LogP contribution in [0.1, 0.15) is 62.8 Å². The van der Waals surface area contributed by atoms with Gasteiger partial charge >= 0.3 is 0 Å². The van der Waals surface area contributed by atoms with Crippen LogP contribution in [0.5, 0.6) is 0 Å². The second-order valence-electron chi connectivity index (χ2n) is 6.62. The van der Waals surface area contributed by atoms with Gasteiger partial charge < -0.3 is 15.6 Å². The van der Waals surface area contributed by atoms with Gasteiger partial charge in [-0.25, -0.2) is 4.98 Å². The number of nitrogen functional groups attached to an aromatic ring is 1. The van der Waals surface area contributed by atoms with Crippen LogP contribution in [0.3, 0.4) is 0 Å². The van der Waals surface area contributed by atoms with Gasteiger partial charge in [0.05, 0.1) is 5.56 Å². The molecule has 0 spiro atoms. The van der Waals surface area contributed by atoms with Crippen molar-refractivity contribution in [2.75, 3.05) is 12.8 Å². The lowest BCUT2D eigenvalue weighted by molar-refractivity contribution is 0.159. The van der Waals surface area contributed by atoms with Crippen molar-refractivity contribution in [3.8, 4) is 0 Å². The molecular weight excluding hydrogens is 252 g/mol. The summed E-state index contributed by atoms with van der Waals surface area (Å²) >= 11 is 0. The Hall–Kier alpha value is -1.36. The third kappa shape index (κ3) is 2.14. The zero-order valence-electron chi connectivity index (χ0n) is 12.5. The van der Waals surface area contributed by atoms with Gasteiger partial charge in [0.15, 0.2) is 0 Å². The highest BCUT2D eigenvalue weighted by Crippen LogP contribution is 2.41. The van der Waals surface area contributed by atoms with Crippen LogP contribution in [-0.4, -0.2) is 34.0 Å². The van der Waals surface area contributed by atoms with Gasteiger partial charge in [-0.3, -0.25) is 4.79 Å². The summed E-state index contributed by atoms with van der Waals surface area (Å²) in [5.41, 5.74) is 6.55. The van der Waals surface area contributed by atoms with E-state index in [-0.39, 0.29) is 11.5 Å². The average molecular weight is 276 g/mol. The zero-order valence-corrected chi connectivity index (χ0v) is 12.5. The van der Waals surface area contributed by atoms with Crippen LogP contribution < -0.4 is 11.3 Å². The van der Waals surface area contributed by atoms with Crippen molar-refractivity contribution in [2.24, 2.45) is 0 Å². The van der Waals surface area contributed by atoms with Crippen LogP contribution in [0.25, 0.3) is 0 Å². The number of anilines is 1. The summed E-state index contributed by atoms with van der Waals surface area (Å²) in [6, 6.07) is 1.27. The molecule has 0 amide bonds. The summed E-state index contributed by atoms with van der Waals surface area (Å²) in [5, 5.41) is 0. The van der Waals surface area contributed by atoms with E-state index in [2.05, 4.69) is 21.9 Å². The van der Waals surface area contributed by atoms with E-state index in [1.54, 1.807) is 0 Å².